The summed E-state index contributed by atoms with van der Waals surface area (Å²) in [5, 5.41) is 0. The number of nitrogens with one attached hydrogen (secondary N) is 1. The summed E-state index contributed by atoms with van der Waals surface area (Å²) in [6.45, 7) is 1.10. The lowest BCUT2D eigenvalue weighted by Gasteiger charge is -2.33. The predicted octanol–water partition coefficient (Wildman–Crippen LogP) is 2.19. The molecule has 9 heteroatoms. The van der Waals surface area contributed by atoms with Gasteiger partial charge in [-0.15, -0.1) is 0 Å². The fourth-order valence-electron chi connectivity index (χ4n) is 4.14. The summed E-state index contributed by atoms with van der Waals surface area (Å²) in [4.78, 5) is 31.0. The Labute approximate surface area is 187 Å². The van der Waals surface area contributed by atoms with E-state index in [9.17, 15) is 18.0 Å². The number of ether oxygens (including phenoxy) is 1. The van der Waals surface area contributed by atoms with E-state index in [-0.39, 0.29) is 22.7 Å². The number of rotatable bonds is 5. The third-order valence-corrected chi connectivity index (χ3v) is 7.26. The fourth-order valence-corrected chi connectivity index (χ4v) is 5.37. The lowest BCUT2D eigenvalue weighted by molar-refractivity contribution is -0.153. The normalized spacial score (nSPS) is 20.6. The maximum absolute atomic E-state index is 12.7. The van der Waals surface area contributed by atoms with Crippen LogP contribution >= 0.6 is 0 Å². The number of hydrogen-bond acceptors (Lipinski definition) is 6. The number of likely N-dealkylation sites (N-methyl/N-ethyl adjacent to an activating group) is 1. The first-order chi connectivity index (χ1) is 15.3. The standard InChI is InChI=1S/C23H25N3O5S/c1-15(24-22-18-11-5-6-13-20(18)32(29,30)25-22)23(28)31-14-21(27)26(2)19-12-7-9-16-8-3-4-10-17(16)19/h3-6,8,10-11,13,15,19H,7,9,12,14H2,1-2H3,(H,24,25)/t15-,19?/m0/s1. The Morgan fingerprint density at radius 3 is 2.72 bits per heavy atom. The minimum Gasteiger partial charge on any atom is -0.454 e. The van der Waals surface area contributed by atoms with Gasteiger partial charge in [-0.1, -0.05) is 36.4 Å². The predicted molar refractivity (Wildman–Crippen MR) is 119 cm³/mol. The van der Waals surface area contributed by atoms with Crippen LogP contribution in [0, 0.1) is 0 Å². The number of nitrogens with zero attached hydrogens (tertiary/aromatic N) is 2. The summed E-state index contributed by atoms with van der Waals surface area (Å²) >= 11 is 0. The molecular formula is C23H25N3O5S. The highest BCUT2D eigenvalue weighted by atomic mass is 32.2. The van der Waals surface area contributed by atoms with E-state index in [4.69, 9.17) is 4.74 Å². The molecule has 168 valence electrons. The van der Waals surface area contributed by atoms with Crippen LogP contribution in [-0.4, -0.2) is 50.7 Å². The second kappa shape index (κ2) is 8.74. The van der Waals surface area contributed by atoms with Gasteiger partial charge in [0.25, 0.3) is 15.9 Å². The Kier molecular flexibility index (Phi) is 6.01. The van der Waals surface area contributed by atoms with Gasteiger partial charge in [0.2, 0.25) is 0 Å². The van der Waals surface area contributed by atoms with Crippen molar-refractivity contribution in [3.63, 3.8) is 0 Å². The van der Waals surface area contributed by atoms with E-state index in [2.05, 4.69) is 15.8 Å². The molecule has 32 heavy (non-hydrogen) atoms. The van der Waals surface area contributed by atoms with Crippen LogP contribution < -0.4 is 4.72 Å². The second-order valence-corrected chi connectivity index (χ2v) is 9.63. The maximum atomic E-state index is 12.7. The number of amides is 1. The molecule has 0 saturated carbocycles. The number of amidine groups is 1. The number of carbonyl (C=O) groups is 2. The van der Waals surface area contributed by atoms with Crippen molar-refractivity contribution in [2.75, 3.05) is 13.7 Å². The van der Waals surface area contributed by atoms with Crippen molar-refractivity contribution in [1.82, 2.24) is 9.62 Å². The van der Waals surface area contributed by atoms with Crippen molar-refractivity contribution in [1.29, 1.82) is 0 Å². The highest BCUT2D eigenvalue weighted by molar-refractivity contribution is 7.90. The van der Waals surface area contributed by atoms with E-state index >= 15 is 0 Å². The zero-order chi connectivity index (χ0) is 22.9. The largest absolute Gasteiger partial charge is 0.454 e. The Morgan fingerprint density at radius 2 is 1.91 bits per heavy atom. The van der Waals surface area contributed by atoms with E-state index in [1.54, 1.807) is 30.1 Å². The number of aliphatic imine (C=N–C) groups is 1. The van der Waals surface area contributed by atoms with Gasteiger partial charge in [0.1, 0.15) is 11.9 Å². The topological polar surface area (TPSA) is 105 Å². The molecule has 0 saturated heterocycles. The molecule has 0 aromatic heterocycles. The van der Waals surface area contributed by atoms with Crippen molar-refractivity contribution in [2.45, 2.75) is 43.2 Å². The summed E-state index contributed by atoms with van der Waals surface area (Å²) in [7, 11) is -1.97. The van der Waals surface area contributed by atoms with Crippen molar-refractivity contribution < 1.29 is 22.7 Å². The Bertz CT molecular complexity index is 1190. The second-order valence-electron chi connectivity index (χ2n) is 7.97. The van der Waals surface area contributed by atoms with Crippen LogP contribution in [0.5, 0.6) is 0 Å². The van der Waals surface area contributed by atoms with E-state index in [1.165, 1.54) is 18.6 Å². The number of aryl methyl sites for hydroxylation is 1. The summed E-state index contributed by atoms with van der Waals surface area (Å²) in [6.07, 6.45) is 2.84. The van der Waals surface area contributed by atoms with Crippen molar-refractivity contribution >= 4 is 27.7 Å². The van der Waals surface area contributed by atoms with Crippen LogP contribution in [0.2, 0.25) is 0 Å². The van der Waals surface area contributed by atoms with Gasteiger partial charge >= 0.3 is 5.97 Å². The molecule has 4 rings (SSSR count). The third kappa shape index (κ3) is 4.25. The molecule has 1 N–H and O–H groups in total. The first-order valence-corrected chi connectivity index (χ1v) is 12.0. The fraction of sp³-hybridized carbons (Fsp3) is 0.348. The molecule has 1 aliphatic carbocycles. The van der Waals surface area contributed by atoms with Gasteiger partial charge < -0.3 is 9.64 Å². The van der Waals surface area contributed by atoms with E-state index in [0.29, 0.717) is 5.56 Å². The molecule has 2 aromatic rings. The summed E-state index contributed by atoms with van der Waals surface area (Å²) in [5.41, 5.74) is 2.77. The molecule has 1 aliphatic heterocycles. The summed E-state index contributed by atoms with van der Waals surface area (Å²) in [6, 6.07) is 13.4. The Morgan fingerprint density at radius 1 is 1.19 bits per heavy atom. The zero-order valence-corrected chi connectivity index (χ0v) is 18.8. The van der Waals surface area contributed by atoms with Crippen LogP contribution in [0.1, 0.15) is 42.5 Å². The maximum Gasteiger partial charge on any atom is 0.331 e. The lowest BCUT2D eigenvalue weighted by Crippen LogP contribution is -2.37. The molecule has 0 fully saturated rings. The zero-order valence-electron chi connectivity index (χ0n) is 17.9. The quantitative estimate of drug-likeness (QED) is 0.696. The Hall–Kier alpha value is -3.20. The molecule has 1 unspecified atom stereocenters. The van der Waals surface area contributed by atoms with Crippen molar-refractivity contribution in [2.24, 2.45) is 4.99 Å². The van der Waals surface area contributed by atoms with Crippen LogP contribution in [0.15, 0.2) is 58.4 Å². The molecule has 1 heterocycles. The van der Waals surface area contributed by atoms with Crippen LogP contribution in [0.3, 0.4) is 0 Å². The van der Waals surface area contributed by atoms with Gasteiger partial charge in [-0.3, -0.25) is 14.5 Å². The molecule has 0 spiro atoms. The monoisotopic (exact) mass is 455 g/mol. The summed E-state index contributed by atoms with van der Waals surface area (Å²) < 4.78 is 31.9. The first kappa shape index (κ1) is 22.0. The van der Waals surface area contributed by atoms with E-state index in [0.717, 1.165) is 24.8 Å². The average Bonchev–Trinajstić information content (AvgIpc) is 3.06. The number of esters is 1. The van der Waals surface area contributed by atoms with Crippen LogP contribution in [-0.2, 0) is 30.8 Å². The number of hydrogen-bond donors (Lipinski definition) is 1. The van der Waals surface area contributed by atoms with Crippen molar-refractivity contribution in [3.05, 3.63) is 65.2 Å². The Balaban J connectivity index is 1.39. The minimum atomic E-state index is -3.69. The molecule has 2 aliphatic rings. The number of benzene rings is 2. The molecule has 2 aromatic carbocycles. The molecule has 0 radical (unpaired) electrons. The van der Waals surface area contributed by atoms with Gasteiger partial charge in [-0.25, -0.2) is 13.2 Å². The van der Waals surface area contributed by atoms with Gasteiger partial charge in [0, 0.05) is 12.6 Å². The van der Waals surface area contributed by atoms with Gasteiger partial charge in [0.15, 0.2) is 6.61 Å². The van der Waals surface area contributed by atoms with Crippen molar-refractivity contribution in [3.8, 4) is 0 Å². The van der Waals surface area contributed by atoms with Gasteiger partial charge in [-0.05, 0) is 49.4 Å². The summed E-state index contributed by atoms with van der Waals surface area (Å²) in [5.74, 6) is -0.911. The molecule has 1 amide bonds. The first-order valence-electron chi connectivity index (χ1n) is 10.5. The minimum absolute atomic E-state index is 0.0479. The SMILES string of the molecule is C[C@H](N=C1NS(=O)(=O)c2ccccc21)C(=O)OCC(=O)N(C)C1CCCc2ccccc21. The molecule has 2 atom stereocenters. The average molecular weight is 456 g/mol. The third-order valence-electron chi connectivity index (χ3n) is 5.86. The molecule has 8 nitrogen and oxygen atoms in total. The van der Waals surface area contributed by atoms with E-state index < -0.39 is 28.6 Å². The highest BCUT2D eigenvalue weighted by Gasteiger charge is 2.32. The lowest BCUT2D eigenvalue weighted by atomic mass is 9.87. The number of sulfonamides is 1. The van der Waals surface area contributed by atoms with Crippen LogP contribution in [0.25, 0.3) is 0 Å². The molecular weight excluding hydrogens is 430 g/mol. The number of fused-ring (bicyclic) bond motifs is 2. The van der Waals surface area contributed by atoms with Gasteiger partial charge in [0.05, 0.1) is 10.9 Å². The van der Waals surface area contributed by atoms with Crippen LogP contribution in [0.4, 0.5) is 0 Å². The number of carbonyl (C=O) groups excluding carboxylic acids is 2. The smallest absolute Gasteiger partial charge is 0.331 e. The van der Waals surface area contributed by atoms with E-state index in [1.807, 2.05) is 18.2 Å². The van der Waals surface area contributed by atoms with Gasteiger partial charge in [-0.2, -0.15) is 0 Å². The highest BCUT2D eigenvalue weighted by Crippen LogP contribution is 2.33. The molecule has 0 bridgehead atoms.